The number of allylic oxidation sites excluding steroid dienone is 4. The highest BCUT2D eigenvalue weighted by atomic mass is 15.2. The number of nitrogens with zero attached hydrogens (tertiary/aromatic N) is 5. The fourth-order valence-corrected chi connectivity index (χ4v) is 8.37. The minimum atomic E-state index is 0.583. The highest BCUT2D eigenvalue weighted by Crippen LogP contribution is 2.40. The molecule has 5 heteroatoms. The van der Waals surface area contributed by atoms with Crippen molar-refractivity contribution >= 4 is 49.2 Å². The quantitative estimate of drug-likeness (QED) is 0.172. The first kappa shape index (κ1) is 32.1. The molecule has 0 saturated heterocycles. The Labute approximate surface area is 324 Å². The van der Waals surface area contributed by atoms with E-state index in [9.17, 15) is 0 Å². The predicted molar refractivity (Wildman–Crippen MR) is 231 cm³/mol. The van der Waals surface area contributed by atoms with Gasteiger partial charge in [-0.05, 0) is 77.6 Å². The summed E-state index contributed by atoms with van der Waals surface area (Å²) in [7, 11) is 0. The molecule has 3 heterocycles. The predicted octanol–water partition coefficient (Wildman–Crippen LogP) is 12.8. The van der Waals surface area contributed by atoms with Crippen LogP contribution in [0.4, 0.5) is 0 Å². The van der Waals surface area contributed by atoms with Gasteiger partial charge in [-0.15, -0.1) is 0 Å². The fraction of sp³-hybridized carbons (Fsp3) is 0.0392. The van der Waals surface area contributed by atoms with Gasteiger partial charge in [0.1, 0.15) is 0 Å². The summed E-state index contributed by atoms with van der Waals surface area (Å²) in [6.07, 6.45) is 8.65. The van der Waals surface area contributed by atoms with Gasteiger partial charge in [0.15, 0.2) is 11.6 Å². The number of aromatic nitrogens is 5. The molecule has 264 valence electrons. The van der Waals surface area contributed by atoms with E-state index < -0.39 is 0 Å². The SMILES string of the molecule is C1=CCCC(c2cccc(-c3nc(-c4ccccc4)nc(-n4c5ccccc5c5cc6c7ccccc7n(-c7ccc(-c8ccccc8)cc7)c6cc54)n3)c2)=C1. The van der Waals surface area contributed by atoms with Gasteiger partial charge in [0, 0.05) is 38.4 Å². The Morgan fingerprint density at radius 1 is 0.393 bits per heavy atom. The lowest BCUT2D eigenvalue weighted by molar-refractivity contribution is 0.953. The Morgan fingerprint density at radius 3 is 1.66 bits per heavy atom. The normalized spacial score (nSPS) is 12.9. The molecule has 11 rings (SSSR count). The van der Waals surface area contributed by atoms with Gasteiger partial charge in [-0.3, -0.25) is 4.57 Å². The van der Waals surface area contributed by atoms with E-state index in [1.54, 1.807) is 0 Å². The Balaban J connectivity index is 1.16. The zero-order valence-corrected chi connectivity index (χ0v) is 30.5. The van der Waals surface area contributed by atoms with Gasteiger partial charge in [0.05, 0.1) is 22.1 Å². The summed E-state index contributed by atoms with van der Waals surface area (Å²) in [4.78, 5) is 15.7. The number of hydrogen-bond acceptors (Lipinski definition) is 3. The highest BCUT2D eigenvalue weighted by molar-refractivity contribution is 6.19. The van der Waals surface area contributed by atoms with Crippen molar-refractivity contribution in [3.63, 3.8) is 0 Å². The molecule has 1 aliphatic carbocycles. The summed E-state index contributed by atoms with van der Waals surface area (Å²) in [5.74, 6) is 1.86. The third-order valence-corrected chi connectivity index (χ3v) is 11.1. The van der Waals surface area contributed by atoms with E-state index in [-0.39, 0.29) is 0 Å². The molecular formula is C51H35N5. The van der Waals surface area contributed by atoms with Crippen molar-refractivity contribution in [1.82, 2.24) is 24.1 Å². The minimum Gasteiger partial charge on any atom is -0.309 e. The highest BCUT2D eigenvalue weighted by Gasteiger charge is 2.21. The van der Waals surface area contributed by atoms with E-state index in [4.69, 9.17) is 15.0 Å². The van der Waals surface area contributed by atoms with Crippen molar-refractivity contribution in [2.24, 2.45) is 0 Å². The van der Waals surface area contributed by atoms with Gasteiger partial charge >= 0.3 is 0 Å². The van der Waals surface area contributed by atoms with Crippen LogP contribution < -0.4 is 0 Å². The Kier molecular flexibility index (Phi) is 7.56. The first-order valence-electron chi connectivity index (χ1n) is 19.2. The van der Waals surface area contributed by atoms with Crippen LogP contribution in [0.3, 0.4) is 0 Å². The first-order valence-corrected chi connectivity index (χ1v) is 19.2. The number of fused-ring (bicyclic) bond motifs is 6. The van der Waals surface area contributed by atoms with Crippen LogP contribution in [0.15, 0.2) is 188 Å². The average Bonchev–Trinajstić information content (AvgIpc) is 3.78. The lowest BCUT2D eigenvalue weighted by Crippen LogP contribution is -2.06. The first-order chi connectivity index (χ1) is 27.8. The van der Waals surface area contributed by atoms with Crippen LogP contribution >= 0.6 is 0 Å². The molecule has 1 aliphatic rings. The monoisotopic (exact) mass is 717 g/mol. The number of hydrogen-bond donors (Lipinski definition) is 0. The third kappa shape index (κ3) is 5.36. The van der Waals surface area contributed by atoms with Gasteiger partial charge < -0.3 is 4.57 Å². The summed E-state index contributed by atoms with van der Waals surface area (Å²) < 4.78 is 4.61. The molecule has 0 fully saturated rings. The second-order valence-corrected chi connectivity index (χ2v) is 14.4. The zero-order valence-electron chi connectivity index (χ0n) is 30.5. The Hall–Kier alpha value is -7.37. The molecule has 0 aliphatic heterocycles. The maximum absolute atomic E-state index is 5.30. The van der Waals surface area contributed by atoms with E-state index in [2.05, 4.69) is 179 Å². The lowest BCUT2D eigenvalue weighted by atomic mass is 9.96. The Morgan fingerprint density at radius 2 is 0.964 bits per heavy atom. The molecule has 10 aromatic rings. The van der Waals surface area contributed by atoms with Crippen molar-refractivity contribution < 1.29 is 0 Å². The van der Waals surface area contributed by atoms with Crippen molar-refractivity contribution in [3.05, 3.63) is 194 Å². The number of benzene rings is 7. The van der Waals surface area contributed by atoms with E-state index >= 15 is 0 Å². The smallest absolute Gasteiger partial charge is 0.238 e. The molecular weight excluding hydrogens is 683 g/mol. The molecule has 0 atom stereocenters. The molecule has 56 heavy (non-hydrogen) atoms. The maximum atomic E-state index is 5.30. The molecule has 0 amide bonds. The lowest BCUT2D eigenvalue weighted by Gasteiger charge is -2.13. The summed E-state index contributed by atoms with van der Waals surface area (Å²) >= 11 is 0. The standard InChI is InChI=1S/C51H35N5/c1-4-15-34(16-5-1)36-27-29-40(30-28-36)55-45-25-12-10-23-41(45)43-32-44-42-24-11-13-26-46(42)56(48(44)33-47(43)55)51-53-49(37-19-8-3-9-20-37)52-50(54-51)39-22-14-21-38(31-39)35-17-6-2-7-18-35/h1-6,8-17,19-33H,7,18H2. The van der Waals surface area contributed by atoms with Crippen molar-refractivity contribution in [1.29, 1.82) is 0 Å². The van der Waals surface area contributed by atoms with Crippen molar-refractivity contribution in [2.45, 2.75) is 12.8 Å². The average molecular weight is 718 g/mol. The van der Waals surface area contributed by atoms with Gasteiger partial charge in [-0.1, -0.05) is 146 Å². The maximum Gasteiger partial charge on any atom is 0.238 e. The molecule has 0 spiro atoms. The number of rotatable bonds is 6. The van der Waals surface area contributed by atoms with Gasteiger partial charge in [-0.2, -0.15) is 9.97 Å². The largest absolute Gasteiger partial charge is 0.309 e. The summed E-state index contributed by atoms with van der Waals surface area (Å²) in [6.45, 7) is 0. The van der Waals surface area contributed by atoms with E-state index in [1.165, 1.54) is 33.0 Å². The Bertz CT molecular complexity index is 3170. The van der Waals surface area contributed by atoms with Crippen molar-refractivity contribution in [2.75, 3.05) is 0 Å². The van der Waals surface area contributed by atoms with Crippen molar-refractivity contribution in [3.8, 4) is 45.5 Å². The van der Waals surface area contributed by atoms with Gasteiger partial charge in [0.25, 0.3) is 0 Å². The summed E-state index contributed by atoms with van der Waals surface area (Å²) in [5, 5.41) is 4.72. The second-order valence-electron chi connectivity index (χ2n) is 14.4. The third-order valence-electron chi connectivity index (χ3n) is 11.1. The van der Waals surface area contributed by atoms with Crippen LogP contribution in [-0.4, -0.2) is 24.1 Å². The molecule has 0 N–H and O–H groups in total. The summed E-state index contributed by atoms with van der Waals surface area (Å²) in [5.41, 5.74) is 12.3. The number of para-hydroxylation sites is 2. The van der Waals surface area contributed by atoms with Crippen LogP contribution in [0.1, 0.15) is 18.4 Å². The molecule has 3 aromatic heterocycles. The molecule has 0 radical (unpaired) electrons. The van der Waals surface area contributed by atoms with E-state index in [0.29, 0.717) is 17.6 Å². The fourth-order valence-electron chi connectivity index (χ4n) is 8.37. The van der Waals surface area contributed by atoms with Gasteiger partial charge in [-0.25, -0.2) is 4.98 Å². The molecule has 0 bridgehead atoms. The van der Waals surface area contributed by atoms with Crippen LogP contribution in [0, 0.1) is 0 Å². The van der Waals surface area contributed by atoms with Crippen LogP contribution in [0.25, 0.3) is 94.7 Å². The van der Waals surface area contributed by atoms with E-state index in [1.807, 2.05) is 18.2 Å². The van der Waals surface area contributed by atoms with Crippen LogP contribution in [0.2, 0.25) is 0 Å². The van der Waals surface area contributed by atoms with Crippen LogP contribution in [0.5, 0.6) is 0 Å². The van der Waals surface area contributed by atoms with Crippen LogP contribution in [-0.2, 0) is 0 Å². The molecule has 0 unspecified atom stereocenters. The van der Waals surface area contributed by atoms with E-state index in [0.717, 1.165) is 62.5 Å². The zero-order chi connectivity index (χ0) is 37.0. The minimum absolute atomic E-state index is 0.583. The summed E-state index contributed by atoms with van der Waals surface area (Å²) in [6, 6.07) is 60.2. The van der Waals surface area contributed by atoms with Gasteiger partial charge in [0.2, 0.25) is 5.95 Å². The molecule has 0 saturated carbocycles. The molecule has 5 nitrogen and oxygen atoms in total. The molecule has 7 aromatic carbocycles. The second kappa shape index (κ2) is 13.2. The topological polar surface area (TPSA) is 48.5 Å².